The van der Waals surface area contributed by atoms with Crippen molar-refractivity contribution in [1.82, 2.24) is 15.6 Å². The van der Waals surface area contributed by atoms with Crippen molar-refractivity contribution in [2.24, 2.45) is 11.7 Å². The van der Waals surface area contributed by atoms with Gasteiger partial charge in [-0.3, -0.25) is 5.43 Å². The summed E-state index contributed by atoms with van der Waals surface area (Å²) < 4.78 is 11.4. The maximum atomic E-state index is 11.8. The molecule has 9 heteroatoms. The third-order valence-corrected chi connectivity index (χ3v) is 4.76. The third kappa shape index (κ3) is 5.08. The standard InChI is InChI=1S/C22H26N6O3/c1-4-30-21-11-9-18(26-27-21)16-8-10-20(15(3)12-16)31-13-17-14(2)6-5-7-19(17)28(24)22(29)25-23/h5-12H,4,13,23-24H2,1-3H3,(H,25,29). The monoisotopic (exact) mass is 422 g/mol. The van der Waals surface area contributed by atoms with E-state index in [1.54, 1.807) is 12.1 Å². The van der Waals surface area contributed by atoms with Crippen LogP contribution < -0.4 is 31.6 Å². The number of nitrogens with one attached hydrogen (secondary N) is 1. The Kier molecular flexibility index (Phi) is 7.01. The fourth-order valence-corrected chi connectivity index (χ4v) is 3.10. The van der Waals surface area contributed by atoms with E-state index in [2.05, 4.69) is 10.2 Å². The number of carbonyl (C=O) groups is 1. The van der Waals surface area contributed by atoms with Gasteiger partial charge in [-0.25, -0.2) is 21.5 Å². The molecule has 0 aliphatic heterocycles. The molecular formula is C22H26N6O3. The Bertz CT molecular complexity index is 1060. The smallest absolute Gasteiger partial charge is 0.350 e. The van der Waals surface area contributed by atoms with Crippen molar-refractivity contribution in [3.05, 3.63) is 65.2 Å². The van der Waals surface area contributed by atoms with Crippen molar-refractivity contribution in [2.75, 3.05) is 11.6 Å². The van der Waals surface area contributed by atoms with Crippen molar-refractivity contribution >= 4 is 11.7 Å². The van der Waals surface area contributed by atoms with Crippen molar-refractivity contribution in [2.45, 2.75) is 27.4 Å². The van der Waals surface area contributed by atoms with Crippen molar-refractivity contribution < 1.29 is 14.3 Å². The van der Waals surface area contributed by atoms with E-state index in [-0.39, 0.29) is 6.61 Å². The van der Waals surface area contributed by atoms with Gasteiger partial charge in [0.1, 0.15) is 12.4 Å². The number of hydrogen-bond donors (Lipinski definition) is 3. The van der Waals surface area contributed by atoms with Crippen LogP contribution in [0.3, 0.4) is 0 Å². The molecule has 3 rings (SSSR count). The van der Waals surface area contributed by atoms with E-state index < -0.39 is 6.03 Å². The van der Waals surface area contributed by atoms with Gasteiger partial charge in [-0.1, -0.05) is 12.1 Å². The number of aromatic nitrogens is 2. The quantitative estimate of drug-likeness (QED) is 0.303. The zero-order chi connectivity index (χ0) is 22.4. The Hall–Kier alpha value is -3.69. The van der Waals surface area contributed by atoms with Gasteiger partial charge < -0.3 is 9.47 Å². The molecule has 0 spiro atoms. The zero-order valence-electron chi connectivity index (χ0n) is 17.8. The molecule has 2 amide bonds. The van der Waals surface area contributed by atoms with E-state index in [4.69, 9.17) is 21.2 Å². The van der Waals surface area contributed by atoms with Crippen LogP contribution in [0, 0.1) is 13.8 Å². The SMILES string of the molecule is CCOc1ccc(-c2ccc(OCc3c(C)cccc3N(N)C(=O)NN)c(C)c2)nn1. The van der Waals surface area contributed by atoms with E-state index in [9.17, 15) is 4.79 Å². The number of nitrogens with zero attached hydrogens (tertiary/aromatic N) is 3. The highest BCUT2D eigenvalue weighted by molar-refractivity contribution is 5.91. The summed E-state index contributed by atoms with van der Waals surface area (Å²) in [5.41, 5.74) is 6.87. The van der Waals surface area contributed by atoms with Crippen molar-refractivity contribution in [1.29, 1.82) is 0 Å². The molecular weight excluding hydrogens is 396 g/mol. The van der Waals surface area contributed by atoms with Crippen LogP contribution in [0.25, 0.3) is 11.3 Å². The molecule has 0 saturated heterocycles. The number of benzene rings is 2. The number of hydrazine groups is 2. The van der Waals surface area contributed by atoms with Gasteiger partial charge in [-0.05, 0) is 62.2 Å². The first-order chi connectivity index (χ1) is 14.9. The summed E-state index contributed by atoms with van der Waals surface area (Å²) in [6.45, 7) is 6.56. The summed E-state index contributed by atoms with van der Waals surface area (Å²) in [6, 6.07) is 14.3. The molecule has 5 N–H and O–H groups in total. The predicted octanol–water partition coefficient (Wildman–Crippen LogP) is 3.00. The van der Waals surface area contributed by atoms with Gasteiger partial charge in [0.25, 0.3) is 0 Å². The van der Waals surface area contributed by atoms with E-state index >= 15 is 0 Å². The minimum absolute atomic E-state index is 0.233. The van der Waals surface area contributed by atoms with Crippen LogP contribution in [0.2, 0.25) is 0 Å². The Labute approximate surface area is 180 Å². The van der Waals surface area contributed by atoms with Crippen LogP contribution in [0.4, 0.5) is 10.5 Å². The maximum Gasteiger partial charge on any atom is 0.350 e. The minimum Gasteiger partial charge on any atom is -0.489 e. The minimum atomic E-state index is -0.621. The first-order valence-corrected chi connectivity index (χ1v) is 9.78. The van der Waals surface area contributed by atoms with Gasteiger partial charge in [0.2, 0.25) is 5.88 Å². The van der Waals surface area contributed by atoms with Crippen molar-refractivity contribution in [3.8, 4) is 22.9 Å². The number of aryl methyl sites for hydroxylation is 2. The first-order valence-electron chi connectivity index (χ1n) is 9.78. The average molecular weight is 422 g/mol. The Balaban J connectivity index is 1.78. The van der Waals surface area contributed by atoms with Crippen LogP contribution in [-0.4, -0.2) is 22.8 Å². The molecule has 1 aromatic heterocycles. The predicted molar refractivity (Wildman–Crippen MR) is 118 cm³/mol. The van der Waals surface area contributed by atoms with Gasteiger partial charge in [0, 0.05) is 17.2 Å². The second-order valence-electron chi connectivity index (χ2n) is 6.85. The largest absolute Gasteiger partial charge is 0.489 e. The highest BCUT2D eigenvalue weighted by atomic mass is 16.5. The summed E-state index contributed by atoms with van der Waals surface area (Å²) in [5, 5.41) is 9.25. The number of nitrogens with two attached hydrogens (primary N) is 2. The molecule has 0 unspecified atom stereocenters. The second-order valence-corrected chi connectivity index (χ2v) is 6.85. The fraction of sp³-hybridized carbons (Fsp3) is 0.227. The van der Waals surface area contributed by atoms with Gasteiger partial charge >= 0.3 is 6.03 Å². The molecule has 0 saturated carbocycles. The molecule has 0 aliphatic rings. The summed E-state index contributed by atoms with van der Waals surface area (Å²) >= 11 is 0. The number of carbonyl (C=O) groups excluding carboxylic acids is 1. The summed E-state index contributed by atoms with van der Waals surface area (Å²) in [4.78, 5) is 11.8. The van der Waals surface area contributed by atoms with E-state index in [1.165, 1.54) is 0 Å². The molecule has 31 heavy (non-hydrogen) atoms. The maximum absolute atomic E-state index is 11.8. The fourth-order valence-electron chi connectivity index (χ4n) is 3.10. The van der Waals surface area contributed by atoms with E-state index in [1.807, 2.05) is 62.6 Å². The van der Waals surface area contributed by atoms with Crippen LogP contribution in [-0.2, 0) is 6.61 Å². The highest BCUT2D eigenvalue weighted by Gasteiger charge is 2.16. The average Bonchev–Trinajstić information content (AvgIpc) is 2.78. The second kappa shape index (κ2) is 9.88. The molecule has 0 radical (unpaired) electrons. The first kappa shape index (κ1) is 22.0. The lowest BCUT2D eigenvalue weighted by Crippen LogP contribution is -2.48. The number of hydrogen-bond acceptors (Lipinski definition) is 7. The normalized spacial score (nSPS) is 10.5. The van der Waals surface area contributed by atoms with E-state index in [0.717, 1.165) is 33.0 Å². The summed E-state index contributed by atoms with van der Waals surface area (Å²) in [7, 11) is 0. The van der Waals surface area contributed by atoms with Gasteiger partial charge in [-0.15, -0.1) is 10.2 Å². The van der Waals surface area contributed by atoms with Crippen LogP contribution >= 0.6 is 0 Å². The molecule has 0 bridgehead atoms. The third-order valence-electron chi connectivity index (χ3n) is 4.76. The molecule has 3 aromatic rings. The lowest BCUT2D eigenvalue weighted by Gasteiger charge is -2.21. The van der Waals surface area contributed by atoms with Gasteiger partial charge in [0.15, 0.2) is 0 Å². The zero-order valence-corrected chi connectivity index (χ0v) is 17.8. The van der Waals surface area contributed by atoms with E-state index in [0.29, 0.717) is 23.9 Å². The van der Waals surface area contributed by atoms with Gasteiger partial charge in [0.05, 0.1) is 18.0 Å². The Morgan fingerprint density at radius 2 is 1.87 bits per heavy atom. The summed E-state index contributed by atoms with van der Waals surface area (Å²) in [5.74, 6) is 12.3. The molecule has 162 valence electrons. The molecule has 2 aromatic carbocycles. The molecule has 9 nitrogen and oxygen atoms in total. The number of anilines is 1. The number of amides is 2. The van der Waals surface area contributed by atoms with Crippen molar-refractivity contribution in [3.63, 3.8) is 0 Å². The molecule has 0 fully saturated rings. The Morgan fingerprint density at radius 3 is 2.52 bits per heavy atom. The number of urea groups is 1. The molecule has 0 aliphatic carbocycles. The molecule has 1 heterocycles. The highest BCUT2D eigenvalue weighted by Crippen LogP contribution is 2.28. The van der Waals surface area contributed by atoms with Crippen LogP contribution in [0.5, 0.6) is 11.6 Å². The van der Waals surface area contributed by atoms with Crippen LogP contribution in [0.15, 0.2) is 48.5 Å². The number of rotatable bonds is 7. The lowest BCUT2D eigenvalue weighted by molar-refractivity contribution is 0.246. The number of ether oxygens (including phenoxy) is 2. The lowest BCUT2D eigenvalue weighted by atomic mass is 10.1. The van der Waals surface area contributed by atoms with Gasteiger partial charge in [-0.2, -0.15) is 0 Å². The summed E-state index contributed by atoms with van der Waals surface area (Å²) in [6.07, 6.45) is 0. The Morgan fingerprint density at radius 1 is 1.06 bits per heavy atom. The topological polar surface area (TPSA) is 129 Å². The molecule has 0 atom stereocenters. The van der Waals surface area contributed by atoms with Crippen LogP contribution in [0.1, 0.15) is 23.6 Å².